The zero-order valence-electron chi connectivity index (χ0n) is 19.9. The number of hydrogen-bond donors (Lipinski definition) is 0. The van der Waals surface area contributed by atoms with Crippen LogP contribution in [0.1, 0.15) is 64.5 Å². The maximum absolute atomic E-state index is 6.47. The summed E-state index contributed by atoms with van der Waals surface area (Å²) in [6.07, 6.45) is 5.09. The van der Waals surface area contributed by atoms with Crippen LogP contribution in [0, 0.1) is 0 Å². The van der Waals surface area contributed by atoms with Crippen LogP contribution in [0.25, 0.3) is 5.57 Å². The molecule has 0 N–H and O–H groups in total. The molecule has 0 saturated carbocycles. The van der Waals surface area contributed by atoms with E-state index in [-0.39, 0.29) is 6.10 Å². The number of nitrogens with zero attached hydrogens (tertiary/aromatic N) is 1. The van der Waals surface area contributed by atoms with E-state index in [1.165, 1.54) is 25.7 Å². The van der Waals surface area contributed by atoms with Crippen LogP contribution in [0.4, 0.5) is 0 Å². The molecule has 0 saturated heterocycles. The lowest BCUT2D eigenvalue weighted by Crippen LogP contribution is -2.43. The van der Waals surface area contributed by atoms with Gasteiger partial charge in [-0.15, -0.1) is 0 Å². The predicted molar refractivity (Wildman–Crippen MR) is 135 cm³/mol. The minimum absolute atomic E-state index is 0.146. The Morgan fingerprint density at radius 3 is 2.03 bits per heavy atom. The molecular formula is C27H40NO2Si. The average molecular weight is 439 g/mol. The van der Waals surface area contributed by atoms with Crippen molar-refractivity contribution in [3.63, 3.8) is 0 Å². The van der Waals surface area contributed by atoms with Crippen LogP contribution in [0.3, 0.4) is 0 Å². The van der Waals surface area contributed by atoms with Gasteiger partial charge in [0.25, 0.3) is 0 Å². The Kier molecular flexibility index (Phi) is 11.8. The van der Waals surface area contributed by atoms with Crippen LogP contribution < -0.4 is 5.19 Å². The van der Waals surface area contributed by atoms with Crippen LogP contribution in [0.5, 0.6) is 0 Å². The molecule has 2 rings (SSSR count). The van der Waals surface area contributed by atoms with Crippen molar-refractivity contribution in [1.82, 2.24) is 4.90 Å². The minimum Gasteiger partial charge on any atom is -0.390 e. The Bertz CT molecular complexity index is 740. The third kappa shape index (κ3) is 8.74. The third-order valence-corrected chi connectivity index (χ3v) is 7.32. The zero-order chi connectivity index (χ0) is 22.5. The van der Waals surface area contributed by atoms with Gasteiger partial charge in [-0.3, -0.25) is 0 Å². The summed E-state index contributed by atoms with van der Waals surface area (Å²) in [6, 6.07) is 18.9. The second kappa shape index (κ2) is 14.4. The summed E-state index contributed by atoms with van der Waals surface area (Å²) in [4.78, 5) is 2.55. The molecule has 1 atom stereocenters. The van der Waals surface area contributed by atoms with Gasteiger partial charge in [0, 0.05) is 13.2 Å². The topological polar surface area (TPSA) is 21.7 Å². The summed E-state index contributed by atoms with van der Waals surface area (Å²) in [7, 11) is -1.52. The molecule has 0 bridgehead atoms. The van der Waals surface area contributed by atoms with Gasteiger partial charge >= 0.3 is 9.28 Å². The molecule has 3 nitrogen and oxygen atoms in total. The van der Waals surface area contributed by atoms with E-state index in [4.69, 9.17) is 8.85 Å². The molecule has 2 aromatic carbocycles. The van der Waals surface area contributed by atoms with E-state index in [1.54, 1.807) is 0 Å². The van der Waals surface area contributed by atoms with E-state index < -0.39 is 9.28 Å². The Hall–Kier alpha value is -1.72. The summed E-state index contributed by atoms with van der Waals surface area (Å²) >= 11 is 0. The Morgan fingerprint density at radius 1 is 0.903 bits per heavy atom. The van der Waals surface area contributed by atoms with Gasteiger partial charge in [-0.2, -0.15) is 0 Å². The van der Waals surface area contributed by atoms with Gasteiger partial charge in [0.05, 0.1) is 6.10 Å². The van der Waals surface area contributed by atoms with E-state index >= 15 is 0 Å². The largest absolute Gasteiger partial charge is 0.423 e. The summed E-state index contributed by atoms with van der Waals surface area (Å²) in [6.45, 7) is 16.9. The molecular weight excluding hydrogens is 398 g/mol. The summed E-state index contributed by atoms with van der Waals surface area (Å²) in [5.41, 5.74) is 3.31. The minimum atomic E-state index is -1.52. The van der Waals surface area contributed by atoms with Gasteiger partial charge in [0.1, 0.15) is 0 Å². The van der Waals surface area contributed by atoms with Gasteiger partial charge in [0.2, 0.25) is 0 Å². The van der Waals surface area contributed by atoms with Gasteiger partial charge < -0.3 is 13.8 Å². The van der Waals surface area contributed by atoms with Crippen LogP contribution in [0.2, 0.25) is 0 Å². The van der Waals surface area contributed by atoms with E-state index in [1.807, 2.05) is 25.1 Å². The molecule has 0 aromatic heterocycles. The molecule has 0 spiro atoms. The molecule has 0 aliphatic carbocycles. The van der Waals surface area contributed by atoms with Crippen LogP contribution in [-0.4, -0.2) is 46.5 Å². The average Bonchev–Trinajstić information content (AvgIpc) is 2.80. The second-order valence-corrected chi connectivity index (χ2v) is 9.76. The van der Waals surface area contributed by atoms with Crippen molar-refractivity contribution < 1.29 is 8.85 Å². The standard InChI is InChI=1S/C27H40NO2Si/c1-6-9-20-28(21-10-7-2)22-23(4)30-31(29-8-3)27-18-16-26(17-19-27)24(5)25-14-12-11-13-15-25/h11-19,23H,5-10,20-22H2,1-4H3. The van der Waals surface area contributed by atoms with Crippen molar-refractivity contribution in [3.05, 3.63) is 72.3 Å². The first-order valence-electron chi connectivity index (χ1n) is 11.8. The maximum Gasteiger partial charge on any atom is 0.423 e. The van der Waals surface area contributed by atoms with E-state index in [2.05, 4.69) is 68.6 Å². The van der Waals surface area contributed by atoms with Crippen molar-refractivity contribution in [1.29, 1.82) is 0 Å². The molecule has 1 unspecified atom stereocenters. The first kappa shape index (κ1) is 25.5. The third-order valence-electron chi connectivity index (χ3n) is 5.35. The Balaban J connectivity index is 2.02. The highest BCUT2D eigenvalue weighted by molar-refractivity contribution is 6.61. The molecule has 0 amide bonds. The monoisotopic (exact) mass is 438 g/mol. The zero-order valence-corrected chi connectivity index (χ0v) is 20.9. The van der Waals surface area contributed by atoms with Gasteiger partial charge in [-0.05, 0) is 61.7 Å². The first-order chi connectivity index (χ1) is 15.1. The number of benzene rings is 2. The fourth-order valence-electron chi connectivity index (χ4n) is 3.57. The smallest absolute Gasteiger partial charge is 0.390 e. The Labute approximate surface area is 191 Å². The lowest BCUT2D eigenvalue weighted by molar-refractivity contribution is 0.113. The highest BCUT2D eigenvalue weighted by Gasteiger charge is 2.23. The first-order valence-corrected chi connectivity index (χ1v) is 13.1. The number of unbranched alkanes of at least 4 members (excludes halogenated alkanes) is 2. The Morgan fingerprint density at radius 2 is 1.48 bits per heavy atom. The van der Waals surface area contributed by atoms with Crippen molar-refractivity contribution in [2.24, 2.45) is 0 Å². The fraction of sp³-hybridized carbons (Fsp3) is 0.481. The molecule has 0 aliphatic rings. The molecule has 0 fully saturated rings. The second-order valence-electron chi connectivity index (χ2n) is 8.08. The van der Waals surface area contributed by atoms with Gasteiger partial charge in [-0.25, -0.2) is 0 Å². The van der Waals surface area contributed by atoms with Gasteiger partial charge in [-0.1, -0.05) is 87.9 Å². The van der Waals surface area contributed by atoms with E-state index in [0.29, 0.717) is 6.61 Å². The van der Waals surface area contributed by atoms with Crippen molar-refractivity contribution >= 4 is 20.0 Å². The summed E-state index contributed by atoms with van der Waals surface area (Å²) in [5, 5.41) is 1.15. The lowest BCUT2D eigenvalue weighted by Gasteiger charge is -2.27. The van der Waals surface area contributed by atoms with Crippen molar-refractivity contribution in [2.45, 2.75) is 59.5 Å². The predicted octanol–water partition coefficient (Wildman–Crippen LogP) is 5.79. The highest BCUT2D eigenvalue weighted by Crippen LogP contribution is 2.20. The summed E-state index contributed by atoms with van der Waals surface area (Å²) in [5.74, 6) is 0. The SMILES string of the molecule is C=C(c1ccccc1)c1ccc([Si](OCC)OC(C)CN(CCCC)CCCC)cc1. The normalized spacial score (nSPS) is 12.5. The lowest BCUT2D eigenvalue weighted by atomic mass is 10.00. The highest BCUT2D eigenvalue weighted by atomic mass is 28.3. The maximum atomic E-state index is 6.47. The van der Waals surface area contributed by atoms with Crippen LogP contribution in [-0.2, 0) is 8.85 Å². The molecule has 2 aromatic rings. The molecule has 0 heterocycles. The number of hydrogen-bond acceptors (Lipinski definition) is 3. The van der Waals surface area contributed by atoms with E-state index in [9.17, 15) is 0 Å². The quantitative estimate of drug-likeness (QED) is 0.329. The molecule has 0 aliphatic heterocycles. The van der Waals surface area contributed by atoms with E-state index in [0.717, 1.165) is 41.5 Å². The molecule has 31 heavy (non-hydrogen) atoms. The van der Waals surface area contributed by atoms with Crippen LogP contribution >= 0.6 is 0 Å². The van der Waals surface area contributed by atoms with Crippen molar-refractivity contribution in [2.75, 3.05) is 26.2 Å². The molecule has 1 radical (unpaired) electrons. The van der Waals surface area contributed by atoms with Gasteiger partial charge in [0.15, 0.2) is 0 Å². The summed E-state index contributed by atoms with van der Waals surface area (Å²) < 4.78 is 12.5. The van der Waals surface area contributed by atoms with Crippen molar-refractivity contribution in [3.8, 4) is 0 Å². The fourth-order valence-corrected chi connectivity index (χ4v) is 5.08. The van der Waals surface area contributed by atoms with Crippen LogP contribution in [0.15, 0.2) is 61.2 Å². The molecule has 4 heteroatoms. The number of rotatable bonds is 15. The molecule has 169 valence electrons.